The molecule has 7 heteroatoms. The van der Waals surface area contributed by atoms with Crippen LogP contribution in [0.3, 0.4) is 0 Å². The van der Waals surface area contributed by atoms with Crippen molar-refractivity contribution in [2.75, 3.05) is 5.32 Å². The minimum atomic E-state index is -0.526. The summed E-state index contributed by atoms with van der Waals surface area (Å²) in [5.41, 5.74) is 0.362. The molecule has 0 unspecified atom stereocenters. The lowest BCUT2D eigenvalue weighted by Gasteiger charge is -2.27. The molecule has 0 aliphatic heterocycles. The van der Waals surface area contributed by atoms with Crippen LogP contribution in [0.5, 0.6) is 0 Å². The molecule has 2 rings (SSSR count). The van der Waals surface area contributed by atoms with Gasteiger partial charge in [-0.2, -0.15) is 14.6 Å². The Morgan fingerprint density at radius 3 is 2.65 bits per heavy atom. The Morgan fingerprint density at radius 2 is 2.09 bits per heavy atom. The SMILES string of the molecule is CCc1cc(N[C@@H](C(=O)OC(C)(C)C)C(C)C)n2ncnc2n1. The summed E-state index contributed by atoms with van der Waals surface area (Å²) >= 11 is 0. The molecule has 0 saturated heterocycles. The smallest absolute Gasteiger partial charge is 0.329 e. The first kappa shape index (κ1) is 17.2. The van der Waals surface area contributed by atoms with Gasteiger partial charge in [0.05, 0.1) is 0 Å². The third-order valence-electron chi connectivity index (χ3n) is 3.30. The second kappa shape index (κ2) is 6.52. The van der Waals surface area contributed by atoms with Crippen molar-refractivity contribution in [1.82, 2.24) is 19.6 Å². The number of hydrogen-bond acceptors (Lipinski definition) is 6. The summed E-state index contributed by atoms with van der Waals surface area (Å²) in [6, 6.07) is 1.41. The Labute approximate surface area is 136 Å². The van der Waals surface area contributed by atoms with Crippen molar-refractivity contribution in [3.05, 3.63) is 18.1 Å². The van der Waals surface area contributed by atoms with E-state index in [2.05, 4.69) is 20.4 Å². The van der Waals surface area contributed by atoms with E-state index in [1.807, 2.05) is 47.6 Å². The van der Waals surface area contributed by atoms with Crippen LogP contribution in [0, 0.1) is 5.92 Å². The minimum Gasteiger partial charge on any atom is -0.458 e. The van der Waals surface area contributed by atoms with Crippen molar-refractivity contribution < 1.29 is 9.53 Å². The van der Waals surface area contributed by atoms with E-state index in [1.54, 1.807) is 4.52 Å². The molecule has 0 aromatic carbocycles. The summed E-state index contributed by atoms with van der Waals surface area (Å²) in [4.78, 5) is 21.0. The molecule has 0 aliphatic carbocycles. The Balaban J connectivity index is 2.33. The zero-order valence-electron chi connectivity index (χ0n) is 14.6. The van der Waals surface area contributed by atoms with Crippen LogP contribution in [0.15, 0.2) is 12.4 Å². The van der Waals surface area contributed by atoms with E-state index in [0.717, 1.165) is 12.1 Å². The number of fused-ring (bicyclic) bond motifs is 1. The topological polar surface area (TPSA) is 81.4 Å². The molecule has 126 valence electrons. The molecule has 2 aromatic heterocycles. The number of hydrogen-bond donors (Lipinski definition) is 1. The molecule has 1 atom stereocenters. The third kappa shape index (κ3) is 4.18. The van der Waals surface area contributed by atoms with E-state index in [1.165, 1.54) is 6.33 Å². The Hall–Kier alpha value is -2.18. The number of rotatable bonds is 5. The largest absolute Gasteiger partial charge is 0.458 e. The summed E-state index contributed by atoms with van der Waals surface area (Å²) in [6.45, 7) is 11.6. The highest BCUT2D eigenvalue weighted by molar-refractivity contribution is 5.79. The van der Waals surface area contributed by atoms with Crippen LogP contribution in [0.2, 0.25) is 0 Å². The Kier molecular flexibility index (Phi) is 4.87. The number of esters is 1. The number of carbonyl (C=O) groups excluding carboxylic acids is 1. The van der Waals surface area contributed by atoms with E-state index in [0.29, 0.717) is 11.6 Å². The molecular weight excluding hydrogens is 294 g/mol. The second-order valence-corrected chi connectivity index (χ2v) is 6.86. The first-order chi connectivity index (χ1) is 10.7. The van der Waals surface area contributed by atoms with Crippen molar-refractivity contribution in [3.8, 4) is 0 Å². The summed E-state index contributed by atoms with van der Waals surface area (Å²) in [5, 5.41) is 7.42. The fourth-order valence-corrected chi connectivity index (χ4v) is 2.17. The van der Waals surface area contributed by atoms with Gasteiger partial charge >= 0.3 is 5.97 Å². The van der Waals surface area contributed by atoms with Gasteiger partial charge in [-0.15, -0.1) is 0 Å². The molecular formula is C16H25N5O2. The first-order valence-corrected chi connectivity index (χ1v) is 7.90. The van der Waals surface area contributed by atoms with Crippen molar-refractivity contribution >= 4 is 17.6 Å². The van der Waals surface area contributed by atoms with Crippen LogP contribution in [0.4, 0.5) is 5.82 Å². The number of anilines is 1. The zero-order valence-corrected chi connectivity index (χ0v) is 14.6. The predicted octanol–water partition coefficient (Wildman–Crippen LogP) is 2.46. The first-order valence-electron chi connectivity index (χ1n) is 7.90. The van der Waals surface area contributed by atoms with E-state index < -0.39 is 11.6 Å². The normalized spacial score (nSPS) is 13.3. The van der Waals surface area contributed by atoms with Crippen LogP contribution in [-0.4, -0.2) is 37.2 Å². The van der Waals surface area contributed by atoms with Gasteiger partial charge in [-0.05, 0) is 33.1 Å². The van der Waals surface area contributed by atoms with Crippen LogP contribution in [0.1, 0.15) is 47.2 Å². The number of nitrogens with zero attached hydrogens (tertiary/aromatic N) is 4. The van der Waals surface area contributed by atoms with Crippen LogP contribution in [-0.2, 0) is 16.0 Å². The van der Waals surface area contributed by atoms with Gasteiger partial charge in [0.1, 0.15) is 23.8 Å². The lowest BCUT2D eigenvalue weighted by molar-refractivity contribution is -0.156. The van der Waals surface area contributed by atoms with Crippen LogP contribution >= 0.6 is 0 Å². The van der Waals surface area contributed by atoms with Gasteiger partial charge < -0.3 is 10.1 Å². The van der Waals surface area contributed by atoms with Crippen LogP contribution in [0.25, 0.3) is 5.78 Å². The standard InChI is InChI=1S/C16H25N5O2/c1-7-11-8-12(21-15(19-11)17-9-18-21)20-13(10(2)3)14(22)23-16(4,5)6/h8-10,13,20H,7H2,1-6H3/t13-/m1/s1. The van der Waals surface area contributed by atoms with Crippen molar-refractivity contribution in [3.63, 3.8) is 0 Å². The Morgan fingerprint density at radius 1 is 1.39 bits per heavy atom. The van der Waals surface area contributed by atoms with E-state index in [4.69, 9.17) is 4.74 Å². The average Bonchev–Trinajstić information content (AvgIpc) is 2.90. The van der Waals surface area contributed by atoms with Gasteiger partial charge in [0, 0.05) is 11.8 Å². The summed E-state index contributed by atoms with van der Waals surface area (Å²) in [5.74, 6) is 0.977. The molecule has 2 heterocycles. The molecule has 1 N–H and O–H groups in total. The van der Waals surface area contributed by atoms with Gasteiger partial charge in [0.25, 0.3) is 5.78 Å². The zero-order chi connectivity index (χ0) is 17.2. The molecule has 7 nitrogen and oxygen atoms in total. The minimum absolute atomic E-state index is 0.0571. The van der Waals surface area contributed by atoms with Gasteiger partial charge in [-0.3, -0.25) is 0 Å². The molecule has 0 fully saturated rings. The van der Waals surface area contributed by atoms with E-state index in [-0.39, 0.29) is 11.9 Å². The van der Waals surface area contributed by atoms with Gasteiger partial charge in [-0.1, -0.05) is 20.8 Å². The monoisotopic (exact) mass is 319 g/mol. The van der Waals surface area contributed by atoms with Gasteiger partial charge in [0.2, 0.25) is 0 Å². The van der Waals surface area contributed by atoms with E-state index >= 15 is 0 Å². The lowest BCUT2D eigenvalue weighted by atomic mass is 10.0. The molecule has 2 aromatic rings. The number of carbonyl (C=O) groups is 1. The van der Waals surface area contributed by atoms with E-state index in [9.17, 15) is 4.79 Å². The third-order valence-corrected chi connectivity index (χ3v) is 3.30. The molecule has 23 heavy (non-hydrogen) atoms. The lowest BCUT2D eigenvalue weighted by Crippen LogP contribution is -2.40. The molecule has 0 radical (unpaired) electrons. The van der Waals surface area contributed by atoms with Gasteiger partial charge in [0.15, 0.2) is 0 Å². The van der Waals surface area contributed by atoms with Crippen LogP contribution < -0.4 is 5.32 Å². The number of nitrogens with one attached hydrogen (secondary N) is 1. The summed E-state index contributed by atoms with van der Waals surface area (Å²) < 4.78 is 7.12. The molecule has 0 bridgehead atoms. The average molecular weight is 319 g/mol. The Bertz CT molecular complexity index is 687. The molecule has 0 saturated carbocycles. The molecule has 0 amide bonds. The maximum Gasteiger partial charge on any atom is 0.329 e. The summed E-state index contributed by atoms with van der Waals surface area (Å²) in [7, 11) is 0. The number of aromatic nitrogens is 4. The molecule has 0 aliphatic rings. The van der Waals surface area contributed by atoms with Gasteiger partial charge in [-0.25, -0.2) is 9.78 Å². The number of aryl methyl sites for hydroxylation is 1. The predicted molar refractivity (Wildman–Crippen MR) is 88.3 cm³/mol. The van der Waals surface area contributed by atoms with Crippen molar-refractivity contribution in [2.24, 2.45) is 5.92 Å². The molecule has 0 spiro atoms. The highest BCUT2D eigenvalue weighted by atomic mass is 16.6. The highest BCUT2D eigenvalue weighted by Gasteiger charge is 2.28. The fraction of sp³-hybridized carbons (Fsp3) is 0.625. The maximum absolute atomic E-state index is 12.5. The maximum atomic E-state index is 12.5. The second-order valence-electron chi connectivity index (χ2n) is 6.86. The highest BCUT2D eigenvalue weighted by Crippen LogP contribution is 2.18. The quantitative estimate of drug-likeness (QED) is 0.853. The summed E-state index contributed by atoms with van der Waals surface area (Å²) in [6.07, 6.45) is 2.22. The fourth-order valence-electron chi connectivity index (χ4n) is 2.17. The van der Waals surface area contributed by atoms with Crippen molar-refractivity contribution in [1.29, 1.82) is 0 Å². The van der Waals surface area contributed by atoms with Crippen molar-refractivity contribution in [2.45, 2.75) is 59.6 Å². The number of ether oxygens (including phenoxy) is 1.